The van der Waals surface area contributed by atoms with Crippen LogP contribution >= 0.6 is 0 Å². The zero-order valence-electron chi connectivity index (χ0n) is 25.8. The van der Waals surface area contributed by atoms with E-state index in [2.05, 4.69) is 6.92 Å². The van der Waals surface area contributed by atoms with Gasteiger partial charge in [-0.2, -0.15) is 0 Å². The Kier molecular flexibility index (Phi) is 15.8. The summed E-state index contributed by atoms with van der Waals surface area (Å²) in [6, 6.07) is 5.74. The summed E-state index contributed by atoms with van der Waals surface area (Å²) in [5.41, 5.74) is 0.434. The summed E-state index contributed by atoms with van der Waals surface area (Å²) < 4.78 is 22.4. The minimum Gasteiger partial charge on any atom is -0.493 e. The summed E-state index contributed by atoms with van der Waals surface area (Å²) in [5, 5.41) is 0. The van der Waals surface area contributed by atoms with Gasteiger partial charge in [-0.25, -0.2) is 4.79 Å². The molecule has 0 radical (unpaired) electrons. The van der Waals surface area contributed by atoms with Gasteiger partial charge in [0, 0.05) is 6.08 Å². The number of ether oxygens (including phenoxy) is 4. The first-order valence-electron chi connectivity index (χ1n) is 15.6. The van der Waals surface area contributed by atoms with Crippen LogP contribution in [0.5, 0.6) is 11.5 Å². The molecule has 0 aliphatic heterocycles. The highest BCUT2D eigenvalue weighted by Gasteiger charge is 2.26. The molecular weight excluding hydrogens is 504 g/mol. The average Bonchev–Trinajstić information content (AvgIpc) is 2.97. The maximum Gasteiger partial charge on any atom is 0.330 e. The largest absolute Gasteiger partial charge is 0.493 e. The van der Waals surface area contributed by atoms with Crippen LogP contribution in [0.15, 0.2) is 24.3 Å². The van der Waals surface area contributed by atoms with Crippen molar-refractivity contribution in [3.8, 4) is 11.5 Å². The Hall–Kier alpha value is -2.50. The second-order valence-electron chi connectivity index (χ2n) is 11.9. The Morgan fingerprint density at radius 2 is 1.55 bits per heavy atom. The summed E-state index contributed by atoms with van der Waals surface area (Å²) >= 11 is 0. The van der Waals surface area contributed by atoms with Crippen LogP contribution in [0.4, 0.5) is 0 Å². The van der Waals surface area contributed by atoms with Gasteiger partial charge < -0.3 is 18.9 Å². The van der Waals surface area contributed by atoms with Crippen molar-refractivity contribution < 1.29 is 28.5 Å². The van der Waals surface area contributed by atoms with Gasteiger partial charge in [0.05, 0.1) is 32.3 Å². The van der Waals surface area contributed by atoms with Crippen LogP contribution in [0.2, 0.25) is 0 Å². The fourth-order valence-electron chi connectivity index (χ4n) is 4.93. The van der Waals surface area contributed by atoms with Crippen molar-refractivity contribution in [1.82, 2.24) is 0 Å². The predicted octanol–water partition coefficient (Wildman–Crippen LogP) is 8.56. The highest BCUT2D eigenvalue weighted by atomic mass is 16.5. The topological polar surface area (TPSA) is 71.1 Å². The maximum absolute atomic E-state index is 12.1. The molecule has 0 heterocycles. The lowest BCUT2D eigenvalue weighted by Crippen LogP contribution is -2.26. The zero-order chi connectivity index (χ0) is 29.2. The van der Waals surface area contributed by atoms with E-state index in [1.807, 2.05) is 39.0 Å². The predicted molar refractivity (Wildman–Crippen MR) is 162 cm³/mol. The monoisotopic (exact) mass is 558 g/mol. The van der Waals surface area contributed by atoms with Gasteiger partial charge in [0.2, 0.25) is 0 Å². The number of hydrogen-bond acceptors (Lipinski definition) is 6. The molecule has 0 saturated heterocycles. The third kappa shape index (κ3) is 12.8. The molecule has 1 saturated carbocycles. The normalized spacial score (nSPS) is 17.5. The van der Waals surface area contributed by atoms with Gasteiger partial charge in [0.25, 0.3) is 0 Å². The summed E-state index contributed by atoms with van der Waals surface area (Å²) in [4.78, 5) is 24.1. The van der Waals surface area contributed by atoms with Gasteiger partial charge in [0.1, 0.15) is 0 Å². The zero-order valence-corrected chi connectivity index (χ0v) is 25.8. The SMILES string of the molecule is CCCCCC1CCC(COc2ccc(C=CC(=O)OCCCCCCOC(=O)C(C)(C)CC)cc2OC)CC1. The average molecular weight is 559 g/mol. The van der Waals surface area contributed by atoms with Crippen LogP contribution in [-0.4, -0.2) is 38.9 Å². The van der Waals surface area contributed by atoms with Crippen molar-refractivity contribution in [2.45, 2.75) is 111 Å². The quantitative estimate of drug-likeness (QED) is 0.0962. The first kappa shape index (κ1) is 33.7. The second-order valence-corrected chi connectivity index (χ2v) is 11.9. The Morgan fingerprint density at radius 1 is 0.875 bits per heavy atom. The van der Waals surface area contributed by atoms with E-state index in [-0.39, 0.29) is 11.9 Å². The van der Waals surface area contributed by atoms with Crippen molar-refractivity contribution in [3.63, 3.8) is 0 Å². The van der Waals surface area contributed by atoms with Crippen LogP contribution in [0.25, 0.3) is 6.08 Å². The molecule has 226 valence electrons. The molecule has 0 bridgehead atoms. The molecule has 0 unspecified atom stereocenters. The fourth-order valence-corrected chi connectivity index (χ4v) is 4.93. The first-order chi connectivity index (χ1) is 19.3. The molecule has 0 aromatic heterocycles. The van der Waals surface area contributed by atoms with Crippen molar-refractivity contribution >= 4 is 18.0 Å². The molecular formula is C34H54O6. The van der Waals surface area contributed by atoms with Crippen LogP contribution < -0.4 is 9.47 Å². The van der Waals surface area contributed by atoms with E-state index in [4.69, 9.17) is 18.9 Å². The van der Waals surface area contributed by atoms with E-state index in [0.717, 1.165) is 55.9 Å². The summed E-state index contributed by atoms with van der Waals surface area (Å²) in [5.74, 6) is 2.43. The van der Waals surface area contributed by atoms with Crippen LogP contribution in [-0.2, 0) is 19.1 Å². The smallest absolute Gasteiger partial charge is 0.330 e. The Balaban J connectivity index is 1.63. The molecule has 1 aromatic rings. The van der Waals surface area contributed by atoms with E-state index in [9.17, 15) is 9.59 Å². The van der Waals surface area contributed by atoms with Crippen LogP contribution in [0.1, 0.15) is 117 Å². The van der Waals surface area contributed by atoms with Crippen molar-refractivity contribution in [1.29, 1.82) is 0 Å². The molecule has 1 aliphatic carbocycles. The summed E-state index contributed by atoms with van der Waals surface area (Å²) in [6.07, 6.45) is 18.0. The van der Waals surface area contributed by atoms with E-state index in [0.29, 0.717) is 24.9 Å². The fraction of sp³-hybridized carbons (Fsp3) is 0.706. The van der Waals surface area contributed by atoms with Gasteiger partial charge in [-0.3, -0.25) is 4.79 Å². The second kappa shape index (κ2) is 18.8. The Labute approximate surface area is 243 Å². The van der Waals surface area contributed by atoms with Crippen molar-refractivity contribution in [2.75, 3.05) is 26.9 Å². The molecule has 6 heteroatoms. The molecule has 0 spiro atoms. The number of methoxy groups -OCH3 is 1. The van der Waals surface area contributed by atoms with Gasteiger partial charge in [0.15, 0.2) is 11.5 Å². The van der Waals surface area contributed by atoms with Gasteiger partial charge in [-0.05, 0) is 94.4 Å². The van der Waals surface area contributed by atoms with Crippen LogP contribution in [0.3, 0.4) is 0 Å². The molecule has 1 aromatic carbocycles. The standard InChI is InChI=1S/C34H54O6/c1-6-8-11-14-27-15-17-29(18-16-27)26-40-30-21-19-28(25-31(30)37-5)20-22-32(35)38-23-12-9-10-13-24-39-33(36)34(3,4)7-2/h19-22,25,27,29H,6-18,23-24,26H2,1-5H3. The number of unbranched alkanes of at least 4 members (excludes halogenated alkanes) is 5. The lowest BCUT2D eigenvalue weighted by Gasteiger charge is -2.28. The number of hydrogen-bond donors (Lipinski definition) is 0. The highest BCUT2D eigenvalue weighted by molar-refractivity contribution is 5.87. The number of rotatable bonds is 19. The molecule has 1 fully saturated rings. The molecule has 1 aliphatic rings. The van der Waals surface area contributed by atoms with E-state index < -0.39 is 5.41 Å². The third-order valence-corrected chi connectivity index (χ3v) is 8.21. The molecule has 40 heavy (non-hydrogen) atoms. The lowest BCUT2D eigenvalue weighted by molar-refractivity contribution is -0.154. The van der Waals surface area contributed by atoms with E-state index in [1.165, 1.54) is 57.4 Å². The van der Waals surface area contributed by atoms with Gasteiger partial charge in [-0.1, -0.05) is 58.4 Å². The third-order valence-electron chi connectivity index (χ3n) is 8.21. The maximum atomic E-state index is 12.1. The number of benzene rings is 1. The Morgan fingerprint density at radius 3 is 2.20 bits per heavy atom. The van der Waals surface area contributed by atoms with Crippen molar-refractivity contribution in [3.05, 3.63) is 29.8 Å². The molecule has 2 rings (SSSR count). The van der Waals surface area contributed by atoms with Gasteiger partial charge in [-0.15, -0.1) is 0 Å². The van der Waals surface area contributed by atoms with E-state index >= 15 is 0 Å². The summed E-state index contributed by atoms with van der Waals surface area (Å²) in [7, 11) is 1.64. The number of carbonyl (C=O) groups excluding carboxylic acids is 2. The molecule has 0 atom stereocenters. The van der Waals surface area contributed by atoms with Crippen molar-refractivity contribution in [2.24, 2.45) is 17.3 Å². The lowest BCUT2D eigenvalue weighted by atomic mass is 9.80. The molecule has 0 N–H and O–H groups in total. The summed E-state index contributed by atoms with van der Waals surface area (Å²) in [6.45, 7) is 9.61. The van der Waals surface area contributed by atoms with E-state index in [1.54, 1.807) is 13.2 Å². The number of esters is 2. The minimum atomic E-state index is -0.422. The van der Waals surface area contributed by atoms with Crippen LogP contribution in [0, 0.1) is 17.3 Å². The minimum absolute atomic E-state index is 0.138. The van der Waals surface area contributed by atoms with Gasteiger partial charge >= 0.3 is 11.9 Å². The Bertz CT molecular complexity index is 898. The first-order valence-corrected chi connectivity index (χ1v) is 15.6. The highest BCUT2D eigenvalue weighted by Crippen LogP contribution is 2.34. The number of carbonyl (C=O) groups is 2. The molecule has 6 nitrogen and oxygen atoms in total. The molecule has 0 amide bonds.